The van der Waals surface area contributed by atoms with E-state index in [2.05, 4.69) is 0 Å². The standard InChI is InChI=1S/C16H28N2O6/c1-14-10(16(14,7-18)23-5-11(14)20)4-22-3-9-13(21)12-8(2-19)15(12,6-17)24-9/h8-13,19-21H,2-7,17-18H2,1H3. The van der Waals surface area contributed by atoms with E-state index in [-0.39, 0.29) is 42.9 Å². The highest BCUT2D eigenvalue weighted by molar-refractivity contribution is 5.29. The molecule has 24 heavy (non-hydrogen) atoms. The Morgan fingerprint density at radius 2 is 1.96 bits per heavy atom. The Balaban J connectivity index is 1.31. The summed E-state index contributed by atoms with van der Waals surface area (Å²) < 4.78 is 17.4. The summed E-state index contributed by atoms with van der Waals surface area (Å²) >= 11 is 0. The van der Waals surface area contributed by atoms with E-state index in [9.17, 15) is 15.3 Å². The van der Waals surface area contributed by atoms with Crippen molar-refractivity contribution in [3.8, 4) is 0 Å². The van der Waals surface area contributed by atoms with E-state index in [4.69, 9.17) is 25.7 Å². The van der Waals surface area contributed by atoms with Gasteiger partial charge in [-0.3, -0.25) is 0 Å². The molecule has 2 aliphatic heterocycles. The van der Waals surface area contributed by atoms with Crippen LogP contribution in [0.5, 0.6) is 0 Å². The van der Waals surface area contributed by atoms with Crippen molar-refractivity contribution in [1.82, 2.24) is 0 Å². The zero-order valence-corrected chi connectivity index (χ0v) is 13.9. The Kier molecular flexibility index (Phi) is 3.81. The van der Waals surface area contributed by atoms with Gasteiger partial charge in [0.1, 0.15) is 6.10 Å². The number of aliphatic hydroxyl groups is 3. The van der Waals surface area contributed by atoms with Crippen LogP contribution in [0, 0.1) is 23.2 Å². The zero-order valence-electron chi connectivity index (χ0n) is 13.9. The monoisotopic (exact) mass is 344 g/mol. The fourth-order valence-corrected chi connectivity index (χ4v) is 5.52. The summed E-state index contributed by atoms with van der Waals surface area (Å²) in [4.78, 5) is 0. The number of hydrogen-bond donors (Lipinski definition) is 5. The molecular weight excluding hydrogens is 316 g/mol. The van der Waals surface area contributed by atoms with Gasteiger partial charge in [-0.1, -0.05) is 6.92 Å². The molecule has 138 valence electrons. The summed E-state index contributed by atoms with van der Waals surface area (Å²) in [5.41, 5.74) is 10.2. The summed E-state index contributed by atoms with van der Waals surface area (Å²) in [7, 11) is 0. The molecule has 0 radical (unpaired) electrons. The van der Waals surface area contributed by atoms with E-state index in [0.717, 1.165) is 0 Å². The predicted octanol–water partition coefficient (Wildman–Crippen LogP) is -2.58. The highest BCUT2D eigenvalue weighted by Crippen LogP contribution is 2.69. The summed E-state index contributed by atoms with van der Waals surface area (Å²) in [5.74, 6) is -0.153. The van der Waals surface area contributed by atoms with Gasteiger partial charge in [0.25, 0.3) is 0 Å². The van der Waals surface area contributed by atoms with Crippen molar-refractivity contribution in [2.75, 3.05) is 39.5 Å². The summed E-state index contributed by atoms with van der Waals surface area (Å²) in [6, 6.07) is 0. The minimum absolute atomic E-state index is 0.0266. The highest BCUT2D eigenvalue weighted by atomic mass is 16.6. The van der Waals surface area contributed by atoms with Crippen LogP contribution in [0.2, 0.25) is 0 Å². The highest BCUT2D eigenvalue weighted by Gasteiger charge is 2.80. The molecule has 8 nitrogen and oxygen atoms in total. The second-order valence-corrected chi connectivity index (χ2v) is 7.91. The Bertz CT molecular complexity index is 519. The van der Waals surface area contributed by atoms with Gasteiger partial charge in [0.15, 0.2) is 0 Å². The third kappa shape index (κ3) is 1.80. The quantitative estimate of drug-likeness (QED) is 0.339. The first-order chi connectivity index (χ1) is 11.4. The van der Waals surface area contributed by atoms with Crippen molar-refractivity contribution in [1.29, 1.82) is 0 Å². The topological polar surface area (TPSA) is 140 Å². The van der Waals surface area contributed by atoms with Crippen molar-refractivity contribution < 1.29 is 29.5 Å². The smallest absolute Gasteiger partial charge is 0.108 e. The number of nitrogens with two attached hydrogens (primary N) is 2. The second kappa shape index (κ2) is 5.34. The minimum atomic E-state index is -0.676. The van der Waals surface area contributed by atoms with Crippen LogP contribution in [0.4, 0.5) is 0 Å². The molecule has 2 heterocycles. The largest absolute Gasteiger partial charge is 0.396 e. The number of rotatable bonds is 7. The van der Waals surface area contributed by atoms with Crippen LogP contribution >= 0.6 is 0 Å². The van der Waals surface area contributed by atoms with E-state index in [1.165, 1.54) is 0 Å². The van der Waals surface area contributed by atoms with Gasteiger partial charge in [0.2, 0.25) is 0 Å². The first-order valence-electron chi connectivity index (χ1n) is 8.69. The normalized spacial score (nSPS) is 57.8. The average Bonchev–Trinajstić information content (AvgIpc) is 3.30. The molecule has 4 rings (SSSR count). The molecule has 2 aliphatic carbocycles. The molecule has 9 unspecified atom stereocenters. The van der Waals surface area contributed by atoms with Crippen LogP contribution in [0.15, 0.2) is 0 Å². The van der Waals surface area contributed by atoms with Crippen molar-refractivity contribution in [3.05, 3.63) is 0 Å². The maximum Gasteiger partial charge on any atom is 0.108 e. The molecule has 2 saturated heterocycles. The number of fused-ring (bicyclic) bond motifs is 2. The first-order valence-corrected chi connectivity index (χ1v) is 8.69. The van der Waals surface area contributed by atoms with E-state index >= 15 is 0 Å². The van der Waals surface area contributed by atoms with Crippen molar-refractivity contribution in [3.63, 3.8) is 0 Å². The third-order valence-corrected chi connectivity index (χ3v) is 7.33. The van der Waals surface area contributed by atoms with Gasteiger partial charge in [-0.15, -0.1) is 0 Å². The van der Waals surface area contributed by atoms with Crippen LogP contribution in [-0.2, 0) is 14.2 Å². The lowest BCUT2D eigenvalue weighted by Crippen LogP contribution is -2.36. The van der Waals surface area contributed by atoms with Gasteiger partial charge < -0.3 is 41.0 Å². The third-order valence-electron chi connectivity index (χ3n) is 7.33. The van der Waals surface area contributed by atoms with Gasteiger partial charge in [-0.25, -0.2) is 0 Å². The zero-order chi connectivity index (χ0) is 17.3. The van der Waals surface area contributed by atoms with Crippen LogP contribution in [0.1, 0.15) is 6.92 Å². The first kappa shape index (κ1) is 17.1. The Morgan fingerprint density at radius 1 is 1.21 bits per heavy atom. The van der Waals surface area contributed by atoms with E-state index < -0.39 is 29.5 Å². The fraction of sp³-hybridized carbons (Fsp3) is 1.00. The van der Waals surface area contributed by atoms with Gasteiger partial charge in [-0.2, -0.15) is 0 Å². The van der Waals surface area contributed by atoms with E-state index in [1.54, 1.807) is 0 Å². The van der Waals surface area contributed by atoms with Crippen LogP contribution in [-0.4, -0.2) is 84.4 Å². The molecule has 9 atom stereocenters. The Hall–Kier alpha value is -0.320. The van der Waals surface area contributed by atoms with Gasteiger partial charge >= 0.3 is 0 Å². The fourth-order valence-electron chi connectivity index (χ4n) is 5.52. The van der Waals surface area contributed by atoms with Crippen molar-refractivity contribution in [2.45, 2.75) is 36.4 Å². The van der Waals surface area contributed by atoms with Crippen molar-refractivity contribution in [2.24, 2.45) is 34.6 Å². The summed E-state index contributed by atoms with van der Waals surface area (Å²) in [5, 5.41) is 29.9. The molecule has 4 aliphatic rings. The lowest BCUT2D eigenvalue weighted by atomic mass is 9.98. The van der Waals surface area contributed by atoms with Crippen LogP contribution in [0.3, 0.4) is 0 Å². The van der Waals surface area contributed by atoms with Crippen LogP contribution < -0.4 is 11.5 Å². The van der Waals surface area contributed by atoms with Gasteiger partial charge in [0, 0.05) is 42.9 Å². The maximum absolute atomic E-state index is 10.4. The molecule has 0 bridgehead atoms. The predicted molar refractivity (Wildman–Crippen MR) is 82.9 cm³/mol. The number of aliphatic hydroxyl groups excluding tert-OH is 3. The van der Waals surface area contributed by atoms with E-state index in [0.29, 0.717) is 19.8 Å². The van der Waals surface area contributed by atoms with Gasteiger partial charge in [-0.05, 0) is 0 Å². The Morgan fingerprint density at radius 3 is 2.50 bits per heavy atom. The van der Waals surface area contributed by atoms with Crippen LogP contribution in [0.25, 0.3) is 0 Å². The minimum Gasteiger partial charge on any atom is -0.396 e. The second-order valence-electron chi connectivity index (χ2n) is 7.91. The molecule has 4 fully saturated rings. The Labute approximate surface area is 141 Å². The average molecular weight is 344 g/mol. The SMILES string of the molecule is CC12C(O)COC1(CN)C2COCC1OC2(CN)C(CO)C2C1O. The molecular formula is C16H28N2O6. The number of ether oxygens (including phenoxy) is 3. The maximum atomic E-state index is 10.4. The summed E-state index contributed by atoms with van der Waals surface area (Å²) in [6.07, 6.45) is -1.64. The summed E-state index contributed by atoms with van der Waals surface area (Å²) in [6.45, 7) is 3.57. The molecule has 8 heteroatoms. The molecule has 0 aromatic rings. The van der Waals surface area contributed by atoms with Crippen molar-refractivity contribution >= 4 is 0 Å². The van der Waals surface area contributed by atoms with E-state index in [1.807, 2.05) is 6.92 Å². The number of hydrogen-bond acceptors (Lipinski definition) is 8. The lowest BCUT2D eigenvalue weighted by molar-refractivity contribution is -0.0934. The molecule has 0 aromatic heterocycles. The lowest BCUT2D eigenvalue weighted by Gasteiger charge is -2.23. The molecule has 7 N–H and O–H groups in total. The molecule has 0 amide bonds. The van der Waals surface area contributed by atoms with Gasteiger partial charge in [0.05, 0.1) is 43.2 Å². The molecule has 2 saturated carbocycles. The molecule has 0 spiro atoms. The molecule has 0 aromatic carbocycles.